The van der Waals surface area contributed by atoms with Crippen LogP contribution >= 0.6 is 0 Å². The molecule has 7 nitrogen and oxygen atoms in total. The third-order valence-corrected chi connectivity index (χ3v) is 5.06. The van der Waals surface area contributed by atoms with Gasteiger partial charge in [-0.1, -0.05) is 19.3 Å². The van der Waals surface area contributed by atoms with Crippen LogP contribution in [0.3, 0.4) is 0 Å². The Kier molecular flexibility index (Phi) is 5.31. The van der Waals surface area contributed by atoms with E-state index in [9.17, 15) is 14.4 Å². The Morgan fingerprint density at radius 1 is 0.960 bits per heavy atom. The van der Waals surface area contributed by atoms with Crippen LogP contribution in [0.15, 0.2) is 18.3 Å². The number of amides is 2. The van der Waals surface area contributed by atoms with Crippen molar-refractivity contribution >= 4 is 17.8 Å². The van der Waals surface area contributed by atoms with E-state index in [0.29, 0.717) is 31.7 Å². The molecule has 1 saturated carbocycles. The van der Waals surface area contributed by atoms with Crippen molar-refractivity contribution in [3.63, 3.8) is 0 Å². The minimum Gasteiger partial charge on any atom is -0.477 e. The summed E-state index contributed by atoms with van der Waals surface area (Å²) in [5.74, 6) is -0.897. The first kappa shape index (κ1) is 17.4. The summed E-state index contributed by atoms with van der Waals surface area (Å²) in [6.45, 7) is 2.11. The lowest BCUT2D eigenvalue weighted by Crippen LogP contribution is -2.52. The summed E-state index contributed by atoms with van der Waals surface area (Å²) in [4.78, 5) is 43.2. The Labute approximate surface area is 146 Å². The van der Waals surface area contributed by atoms with Gasteiger partial charge in [-0.3, -0.25) is 9.59 Å². The van der Waals surface area contributed by atoms with Crippen LogP contribution in [0, 0.1) is 5.92 Å². The van der Waals surface area contributed by atoms with Gasteiger partial charge in [-0.25, -0.2) is 9.78 Å². The van der Waals surface area contributed by atoms with Gasteiger partial charge in [0.05, 0.1) is 5.56 Å². The monoisotopic (exact) mass is 345 g/mol. The number of rotatable bonds is 3. The molecule has 1 aromatic rings. The summed E-state index contributed by atoms with van der Waals surface area (Å²) in [5, 5.41) is 8.86. The minimum absolute atomic E-state index is 0.0838. The topological polar surface area (TPSA) is 90.8 Å². The molecule has 0 atom stereocenters. The van der Waals surface area contributed by atoms with Crippen LogP contribution in [0.5, 0.6) is 0 Å². The maximum Gasteiger partial charge on any atom is 0.354 e. The van der Waals surface area contributed by atoms with Gasteiger partial charge in [-0.2, -0.15) is 0 Å². The highest BCUT2D eigenvalue weighted by atomic mass is 16.4. The predicted octanol–water partition coefficient (Wildman–Crippen LogP) is 1.64. The maximum atomic E-state index is 12.6. The summed E-state index contributed by atoms with van der Waals surface area (Å²) in [6.07, 6.45) is 6.76. The number of carboxylic acid groups (broad SMARTS) is 1. The smallest absolute Gasteiger partial charge is 0.354 e. The number of aromatic carboxylic acids is 1. The van der Waals surface area contributed by atoms with Gasteiger partial charge >= 0.3 is 5.97 Å². The fraction of sp³-hybridized carbons (Fsp3) is 0.556. The summed E-state index contributed by atoms with van der Waals surface area (Å²) < 4.78 is 0. The average Bonchev–Trinajstić information content (AvgIpc) is 2.67. The average molecular weight is 345 g/mol. The summed E-state index contributed by atoms with van der Waals surface area (Å²) in [6, 6.07) is 2.82. The molecule has 1 N–H and O–H groups in total. The first-order valence-corrected chi connectivity index (χ1v) is 8.83. The molecule has 0 unspecified atom stereocenters. The van der Waals surface area contributed by atoms with Crippen molar-refractivity contribution in [2.45, 2.75) is 32.1 Å². The van der Waals surface area contributed by atoms with Crippen LogP contribution in [-0.4, -0.2) is 63.9 Å². The Hall–Kier alpha value is -2.44. The van der Waals surface area contributed by atoms with E-state index in [4.69, 9.17) is 5.11 Å². The number of piperazine rings is 1. The second kappa shape index (κ2) is 7.63. The number of hydrogen-bond acceptors (Lipinski definition) is 4. The third kappa shape index (κ3) is 3.97. The summed E-state index contributed by atoms with van der Waals surface area (Å²) in [5.41, 5.74) is 0.288. The number of carbonyl (C=O) groups is 3. The molecular weight excluding hydrogens is 322 g/mol. The zero-order valence-corrected chi connectivity index (χ0v) is 14.2. The molecule has 2 amide bonds. The molecule has 134 valence electrons. The van der Waals surface area contributed by atoms with E-state index < -0.39 is 5.97 Å². The Bertz CT molecular complexity index is 645. The van der Waals surface area contributed by atoms with Crippen LogP contribution in [0.25, 0.3) is 0 Å². The second-order valence-corrected chi connectivity index (χ2v) is 6.69. The summed E-state index contributed by atoms with van der Waals surface area (Å²) in [7, 11) is 0. The normalized spacial score (nSPS) is 18.9. The molecule has 2 fully saturated rings. The molecule has 3 rings (SSSR count). The zero-order valence-electron chi connectivity index (χ0n) is 14.2. The molecule has 2 aliphatic rings. The van der Waals surface area contributed by atoms with E-state index in [-0.39, 0.29) is 23.4 Å². The zero-order chi connectivity index (χ0) is 17.8. The molecule has 25 heavy (non-hydrogen) atoms. The van der Waals surface area contributed by atoms with E-state index >= 15 is 0 Å². The number of aromatic nitrogens is 1. The molecule has 0 radical (unpaired) electrons. The van der Waals surface area contributed by atoms with Crippen LogP contribution in [0.1, 0.15) is 53.0 Å². The Morgan fingerprint density at radius 2 is 1.60 bits per heavy atom. The largest absolute Gasteiger partial charge is 0.477 e. The van der Waals surface area contributed by atoms with Gasteiger partial charge in [-0.05, 0) is 25.0 Å². The number of hydrogen-bond donors (Lipinski definition) is 1. The second-order valence-electron chi connectivity index (χ2n) is 6.69. The van der Waals surface area contributed by atoms with Crippen molar-refractivity contribution in [1.82, 2.24) is 14.8 Å². The number of nitrogens with zero attached hydrogens (tertiary/aromatic N) is 3. The van der Waals surface area contributed by atoms with Gasteiger partial charge in [-0.15, -0.1) is 0 Å². The molecule has 2 heterocycles. The van der Waals surface area contributed by atoms with Crippen molar-refractivity contribution in [2.75, 3.05) is 26.2 Å². The Balaban J connectivity index is 1.55. The highest BCUT2D eigenvalue weighted by Crippen LogP contribution is 2.26. The molecule has 0 spiro atoms. The van der Waals surface area contributed by atoms with Gasteiger partial charge in [0, 0.05) is 38.3 Å². The van der Waals surface area contributed by atoms with Crippen LogP contribution in [-0.2, 0) is 4.79 Å². The van der Waals surface area contributed by atoms with Crippen molar-refractivity contribution in [2.24, 2.45) is 5.92 Å². The predicted molar refractivity (Wildman–Crippen MR) is 90.3 cm³/mol. The number of pyridine rings is 1. The molecule has 0 aromatic carbocycles. The van der Waals surface area contributed by atoms with Crippen molar-refractivity contribution in [1.29, 1.82) is 0 Å². The van der Waals surface area contributed by atoms with E-state index in [0.717, 1.165) is 25.7 Å². The van der Waals surface area contributed by atoms with Crippen LogP contribution in [0.4, 0.5) is 0 Å². The highest BCUT2D eigenvalue weighted by Gasteiger charge is 2.30. The lowest BCUT2D eigenvalue weighted by atomic mass is 9.88. The quantitative estimate of drug-likeness (QED) is 0.899. The molecule has 1 aliphatic carbocycles. The Morgan fingerprint density at radius 3 is 2.16 bits per heavy atom. The molecule has 7 heteroatoms. The molecule has 1 aromatic heterocycles. The first-order chi connectivity index (χ1) is 12.1. The van der Waals surface area contributed by atoms with Crippen molar-refractivity contribution in [3.05, 3.63) is 29.6 Å². The summed E-state index contributed by atoms with van der Waals surface area (Å²) >= 11 is 0. The van der Waals surface area contributed by atoms with Gasteiger partial charge in [0.15, 0.2) is 0 Å². The van der Waals surface area contributed by atoms with Gasteiger partial charge in [0.1, 0.15) is 5.69 Å². The first-order valence-electron chi connectivity index (χ1n) is 8.83. The molecule has 1 saturated heterocycles. The lowest BCUT2D eigenvalue weighted by molar-refractivity contribution is -0.138. The lowest BCUT2D eigenvalue weighted by Gasteiger charge is -2.37. The van der Waals surface area contributed by atoms with E-state index in [1.54, 1.807) is 4.90 Å². The molecule has 0 bridgehead atoms. The minimum atomic E-state index is -1.12. The van der Waals surface area contributed by atoms with Crippen LogP contribution < -0.4 is 0 Å². The third-order valence-electron chi connectivity index (χ3n) is 5.06. The maximum absolute atomic E-state index is 12.6. The number of carbonyl (C=O) groups excluding carboxylic acids is 2. The van der Waals surface area contributed by atoms with E-state index in [1.807, 2.05) is 4.90 Å². The molecular formula is C18H23N3O4. The van der Waals surface area contributed by atoms with E-state index in [2.05, 4.69) is 4.98 Å². The van der Waals surface area contributed by atoms with E-state index in [1.165, 1.54) is 24.8 Å². The fourth-order valence-electron chi connectivity index (χ4n) is 3.57. The standard InChI is InChI=1S/C18H23N3O4/c22-16(13-4-2-1-3-5-13)20-8-10-21(11-9-20)17(23)14-6-7-15(18(24)25)19-12-14/h6-7,12-13H,1-5,8-11H2,(H,24,25). The molecule has 1 aliphatic heterocycles. The number of carboxylic acids is 1. The fourth-order valence-corrected chi connectivity index (χ4v) is 3.57. The van der Waals surface area contributed by atoms with Crippen LogP contribution in [0.2, 0.25) is 0 Å². The van der Waals surface area contributed by atoms with Crippen molar-refractivity contribution in [3.8, 4) is 0 Å². The highest BCUT2D eigenvalue weighted by molar-refractivity contribution is 5.95. The van der Waals surface area contributed by atoms with Gasteiger partial charge in [0.25, 0.3) is 5.91 Å². The van der Waals surface area contributed by atoms with Gasteiger partial charge < -0.3 is 14.9 Å². The van der Waals surface area contributed by atoms with Crippen molar-refractivity contribution < 1.29 is 19.5 Å². The SMILES string of the molecule is O=C(O)c1ccc(C(=O)N2CCN(C(=O)C3CCCCC3)CC2)cn1. The van der Waals surface area contributed by atoms with Gasteiger partial charge in [0.2, 0.25) is 5.91 Å².